The molecule has 4 nitrogen and oxygen atoms in total. The Morgan fingerprint density at radius 1 is 1.26 bits per heavy atom. The lowest BCUT2D eigenvalue weighted by atomic mass is 9.86. The van der Waals surface area contributed by atoms with Gasteiger partial charge < -0.3 is 0 Å². The maximum Gasteiger partial charge on any atom is 0.217 e. The molecule has 4 rings (SSSR count). The van der Waals surface area contributed by atoms with Crippen LogP contribution in [-0.2, 0) is 6.54 Å². The number of nitrogens with zero attached hydrogens (tertiary/aromatic N) is 3. The first kappa shape index (κ1) is 11.1. The van der Waals surface area contributed by atoms with Crippen LogP contribution >= 0.6 is 0 Å². The third kappa shape index (κ3) is 1.86. The molecule has 2 heterocycles. The number of carbonyl (C=O) groups excluding carboxylic acids is 1. The summed E-state index contributed by atoms with van der Waals surface area (Å²) in [5.74, 6) is 2.78. The van der Waals surface area contributed by atoms with E-state index in [1.807, 2.05) is 4.68 Å². The quantitative estimate of drug-likeness (QED) is 0.780. The van der Waals surface area contributed by atoms with E-state index in [1.54, 1.807) is 0 Å². The molecule has 2 atom stereocenters. The second-order valence-corrected chi connectivity index (χ2v) is 5.76. The zero-order valence-electron chi connectivity index (χ0n) is 10.8. The van der Waals surface area contributed by atoms with Crippen molar-refractivity contribution in [2.24, 2.45) is 11.8 Å². The van der Waals surface area contributed by atoms with Gasteiger partial charge in [0.1, 0.15) is 5.82 Å². The van der Waals surface area contributed by atoms with Gasteiger partial charge in [0.2, 0.25) is 11.6 Å². The third-order valence-electron chi connectivity index (χ3n) is 4.38. The molecule has 1 fully saturated rings. The van der Waals surface area contributed by atoms with Crippen molar-refractivity contribution in [3.05, 3.63) is 36.0 Å². The minimum Gasteiger partial charge on any atom is -0.290 e. The largest absolute Gasteiger partial charge is 0.290 e. The maximum atomic E-state index is 12.0. The van der Waals surface area contributed by atoms with Gasteiger partial charge in [0.15, 0.2) is 0 Å². The van der Waals surface area contributed by atoms with E-state index in [4.69, 9.17) is 0 Å². The van der Waals surface area contributed by atoms with Gasteiger partial charge in [-0.1, -0.05) is 24.3 Å². The van der Waals surface area contributed by atoms with Gasteiger partial charge in [-0.05, 0) is 31.6 Å². The van der Waals surface area contributed by atoms with Crippen LogP contribution in [0.5, 0.6) is 0 Å². The van der Waals surface area contributed by atoms with Crippen molar-refractivity contribution in [2.75, 3.05) is 0 Å². The van der Waals surface area contributed by atoms with Gasteiger partial charge in [0.25, 0.3) is 0 Å². The van der Waals surface area contributed by atoms with Crippen LogP contribution in [0.4, 0.5) is 0 Å². The number of carbonyl (C=O) groups is 1. The summed E-state index contributed by atoms with van der Waals surface area (Å²) in [7, 11) is 0. The molecule has 0 amide bonds. The first-order valence-electron chi connectivity index (χ1n) is 7.15. The van der Waals surface area contributed by atoms with E-state index in [9.17, 15) is 4.79 Å². The van der Waals surface area contributed by atoms with Crippen LogP contribution in [0, 0.1) is 11.8 Å². The lowest BCUT2D eigenvalue weighted by Crippen LogP contribution is -2.11. The molecule has 1 aromatic heterocycles. The van der Waals surface area contributed by atoms with Gasteiger partial charge in [-0.25, -0.2) is 9.67 Å². The van der Waals surface area contributed by atoms with Crippen LogP contribution in [0.2, 0.25) is 0 Å². The number of rotatable bonds is 3. The highest BCUT2D eigenvalue weighted by molar-refractivity contribution is 5.95. The van der Waals surface area contributed by atoms with Gasteiger partial charge in [-0.3, -0.25) is 4.79 Å². The number of fused-ring (bicyclic) bond motifs is 1. The van der Waals surface area contributed by atoms with Gasteiger partial charge in [0.05, 0.1) is 0 Å². The SMILES string of the molecule is O=C(c1nc2n(n1)CC[C@H]2C1C=CC=CC1)C1CC1. The maximum absolute atomic E-state index is 12.0. The Morgan fingerprint density at radius 2 is 2.16 bits per heavy atom. The number of hydrogen-bond donors (Lipinski definition) is 0. The van der Waals surface area contributed by atoms with Crippen LogP contribution in [0.1, 0.15) is 48.0 Å². The molecule has 19 heavy (non-hydrogen) atoms. The zero-order valence-corrected chi connectivity index (χ0v) is 10.8. The van der Waals surface area contributed by atoms with Gasteiger partial charge in [-0.2, -0.15) is 0 Å². The summed E-state index contributed by atoms with van der Waals surface area (Å²) in [6.45, 7) is 0.902. The molecule has 0 aromatic carbocycles. The molecule has 3 aliphatic rings. The second kappa shape index (κ2) is 4.15. The summed E-state index contributed by atoms with van der Waals surface area (Å²) in [6.07, 6.45) is 12.9. The number of hydrogen-bond acceptors (Lipinski definition) is 3. The minimum absolute atomic E-state index is 0.153. The highest BCUT2D eigenvalue weighted by Gasteiger charge is 2.37. The van der Waals surface area contributed by atoms with Gasteiger partial charge >= 0.3 is 0 Å². The topological polar surface area (TPSA) is 47.8 Å². The first-order valence-corrected chi connectivity index (χ1v) is 7.15. The summed E-state index contributed by atoms with van der Waals surface area (Å²) in [4.78, 5) is 16.6. The molecule has 0 N–H and O–H groups in total. The lowest BCUT2D eigenvalue weighted by Gasteiger charge is -2.18. The summed E-state index contributed by atoms with van der Waals surface area (Å²) in [6, 6.07) is 0. The molecule has 2 aliphatic carbocycles. The fourth-order valence-corrected chi connectivity index (χ4v) is 3.12. The molecule has 1 saturated carbocycles. The van der Waals surface area contributed by atoms with E-state index >= 15 is 0 Å². The number of allylic oxidation sites excluding steroid dienone is 4. The molecule has 4 heteroatoms. The van der Waals surface area contributed by atoms with Crippen molar-refractivity contribution < 1.29 is 4.79 Å². The van der Waals surface area contributed by atoms with Crippen molar-refractivity contribution in [1.29, 1.82) is 0 Å². The predicted octanol–water partition coefficient (Wildman–Crippen LogP) is 2.49. The van der Waals surface area contributed by atoms with E-state index in [2.05, 4.69) is 34.4 Å². The van der Waals surface area contributed by atoms with E-state index in [1.165, 1.54) is 0 Å². The summed E-state index contributed by atoms with van der Waals surface area (Å²) >= 11 is 0. The Bertz CT molecular complexity index is 580. The Morgan fingerprint density at radius 3 is 2.89 bits per heavy atom. The van der Waals surface area contributed by atoms with Crippen LogP contribution in [0.25, 0.3) is 0 Å². The highest BCUT2D eigenvalue weighted by Crippen LogP contribution is 2.38. The fourth-order valence-electron chi connectivity index (χ4n) is 3.12. The smallest absolute Gasteiger partial charge is 0.217 e. The monoisotopic (exact) mass is 255 g/mol. The number of Topliss-reactive ketones (excluding diaryl/α,β-unsaturated/α-hetero) is 1. The Labute approximate surface area is 112 Å². The van der Waals surface area contributed by atoms with Crippen molar-refractivity contribution in [3.63, 3.8) is 0 Å². The van der Waals surface area contributed by atoms with Crippen molar-refractivity contribution >= 4 is 5.78 Å². The molecular formula is C15H17N3O. The molecule has 98 valence electrons. The first-order chi connectivity index (χ1) is 9.33. The van der Waals surface area contributed by atoms with E-state index in [0.29, 0.717) is 17.7 Å². The minimum atomic E-state index is 0.153. The van der Waals surface area contributed by atoms with E-state index < -0.39 is 0 Å². The van der Waals surface area contributed by atoms with E-state index in [-0.39, 0.29) is 11.7 Å². The molecule has 1 aliphatic heterocycles. The Kier molecular flexibility index (Phi) is 2.43. The van der Waals surface area contributed by atoms with Crippen molar-refractivity contribution in [3.8, 4) is 0 Å². The predicted molar refractivity (Wildman–Crippen MR) is 70.8 cm³/mol. The molecule has 0 saturated heterocycles. The van der Waals surface area contributed by atoms with Crippen LogP contribution < -0.4 is 0 Å². The Balaban J connectivity index is 1.61. The Hall–Kier alpha value is -1.71. The average Bonchev–Trinajstić information content (AvgIpc) is 3.09. The van der Waals surface area contributed by atoms with Crippen LogP contribution in [-0.4, -0.2) is 20.5 Å². The normalized spacial score (nSPS) is 28.6. The third-order valence-corrected chi connectivity index (χ3v) is 4.38. The zero-order chi connectivity index (χ0) is 12.8. The molecule has 1 unspecified atom stereocenters. The second-order valence-electron chi connectivity index (χ2n) is 5.76. The molecular weight excluding hydrogens is 238 g/mol. The van der Waals surface area contributed by atoms with Crippen molar-refractivity contribution in [1.82, 2.24) is 14.8 Å². The standard InChI is InChI=1S/C15H17N3O/c19-13(11-6-7-11)14-16-15-12(8-9-18(15)17-14)10-4-2-1-3-5-10/h1-4,10-12H,5-9H2/t10?,12-/m0/s1. The highest BCUT2D eigenvalue weighted by atomic mass is 16.1. The van der Waals surface area contributed by atoms with E-state index in [0.717, 1.165) is 38.1 Å². The summed E-state index contributed by atoms with van der Waals surface area (Å²) in [5, 5.41) is 4.41. The average molecular weight is 255 g/mol. The lowest BCUT2D eigenvalue weighted by molar-refractivity contribution is 0.0957. The summed E-state index contributed by atoms with van der Waals surface area (Å²) < 4.78 is 1.95. The van der Waals surface area contributed by atoms with Gasteiger partial charge in [0, 0.05) is 18.4 Å². The molecule has 0 bridgehead atoms. The van der Waals surface area contributed by atoms with Crippen LogP contribution in [0.3, 0.4) is 0 Å². The van der Waals surface area contributed by atoms with Gasteiger partial charge in [-0.15, -0.1) is 5.10 Å². The molecule has 1 aromatic rings. The molecule has 0 spiro atoms. The van der Waals surface area contributed by atoms with Crippen LogP contribution in [0.15, 0.2) is 24.3 Å². The number of aromatic nitrogens is 3. The fraction of sp³-hybridized carbons (Fsp3) is 0.533. The molecule has 0 radical (unpaired) electrons. The summed E-state index contributed by atoms with van der Waals surface area (Å²) in [5.41, 5.74) is 0. The number of aryl methyl sites for hydroxylation is 1. The number of ketones is 1. The van der Waals surface area contributed by atoms with Crippen molar-refractivity contribution in [2.45, 2.75) is 38.1 Å².